The van der Waals surface area contributed by atoms with Gasteiger partial charge in [-0.15, -0.1) is 0 Å². The first-order chi connectivity index (χ1) is 13.7. The van der Waals surface area contributed by atoms with Crippen molar-refractivity contribution in [2.75, 3.05) is 44.8 Å². The van der Waals surface area contributed by atoms with Crippen LogP contribution in [0.5, 0.6) is 11.5 Å². The average molecular weight is 381 g/mol. The Morgan fingerprint density at radius 2 is 1.75 bits per heavy atom. The van der Waals surface area contributed by atoms with Crippen LogP contribution in [0.3, 0.4) is 0 Å². The van der Waals surface area contributed by atoms with Crippen LogP contribution in [0.15, 0.2) is 42.5 Å². The van der Waals surface area contributed by atoms with Gasteiger partial charge >= 0.3 is 0 Å². The summed E-state index contributed by atoms with van der Waals surface area (Å²) in [7, 11) is 0. The predicted molar refractivity (Wildman–Crippen MR) is 109 cm³/mol. The maximum Gasteiger partial charge on any atom is 0.238 e. The molecule has 6 nitrogen and oxygen atoms in total. The summed E-state index contributed by atoms with van der Waals surface area (Å²) in [6.07, 6.45) is 0.912. The Kier molecular flexibility index (Phi) is 5.78. The van der Waals surface area contributed by atoms with E-state index < -0.39 is 0 Å². The highest BCUT2D eigenvalue weighted by molar-refractivity contribution is 5.93. The number of anilines is 1. The van der Waals surface area contributed by atoms with E-state index in [2.05, 4.69) is 40.2 Å². The predicted octanol–water partition coefficient (Wildman–Crippen LogP) is 2.73. The van der Waals surface area contributed by atoms with Gasteiger partial charge in [0.2, 0.25) is 12.7 Å². The molecule has 0 radical (unpaired) electrons. The van der Waals surface area contributed by atoms with E-state index >= 15 is 0 Å². The minimum Gasteiger partial charge on any atom is -0.454 e. The number of nitrogens with one attached hydrogen (secondary N) is 1. The summed E-state index contributed by atoms with van der Waals surface area (Å²) >= 11 is 0. The maximum absolute atomic E-state index is 12.4. The number of rotatable bonds is 6. The lowest BCUT2D eigenvalue weighted by molar-refractivity contribution is -0.117. The molecule has 0 atom stereocenters. The van der Waals surface area contributed by atoms with Crippen LogP contribution in [-0.2, 0) is 17.8 Å². The first-order valence-electron chi connectivity index (χ1n) is 9.92. The van der Waals surface area contributed by atoms with Gasteiger partial charge in [-0.25, -0.2) is 0 Å². The number of aryl methyl sites for hydroxylation is 1. The van der Waals surface area contributed by atoms with E-state index in [4.69, 9.17) is 9.47 Å². The fourth-order valence-electron chi connectivity index (χ4n) is 3.75. The number of hydrogen-bond acceptors (Lipinski definition) is 5. The van der Waals surface area contributed by atoms with Crippen LogP contribution in [-0.4, -0.2) is 55.2 Å². The van der Waals surface area contributed by atoms with E-state index in [-0.39, 0.29) is 5.91 Å². The topological polar surface area (TPSA) is 54.0 Å². The molecule has 2 aliphatic rings. The van der Waals surface area contributed by atoms with Crippen molar-refractivity contribution in [2.24, 2.45) is 0 Å². The first kappa shape index (κ1) is 18.8. The summed E-state index contributed by atoms with van der Waals surface area (Å²) in [6.45, 7) is 7.43. The van der Waals surface area contributed by atoms with Crippen molar-refractivity contribution in [3.8, 4) is 11.5 Å². The van der Waals surface area contributed by atoms with Gasteiger partial charge in [0.15, 0.2) is 11.5 Å². The van der Waals surface area contributed by atoms with Crippen LogP contribution in [0.1, 0.15) is 18.1 Å². The van der Waals surface area contributed by atoms with Crippen LogP contribution in [0.4, 0.5) is 5.69 Å². The standard InChI is InChI=1S/C22H27N3O3/c1-2-18-5-3-4-6-19(18)23-22(26)15-25-11-9-24(10-12-25)14-17-7-8-20-21(13-17)28-16-27-20/h3-8,13H,2,9-12,14-16H2,1H3,(H,23,26). The summed E-state index contributed by atoms with van der Waals surface area (Å²) in [6, 6.07) is 14.1. The third-order valence-electron chi connectivity index (χ3n) is 5.35. The smallest absolute Gasteiger partial charge is 0.238 e. The highest BCUT2D eigenvalue weighted by Crippen LogP contribution is 2.32. The fourth-order valence-corrected chi connectivity index (χ4v) is 3.75. The molecule has 0 aliphatic carbocycles. The lowest BCUT2D eigenvalue weighted by Gasteiger charge is -2.34. The molecule has 2 aromatic rings. The van der Waals surface area contributed by atoms with Gasteiger partial charge in [-0.1, -0.05) is 31.2 Å². The molecule has 0 saturated carbocycles. The Labute approximate surface area is 166 Å². The van der Waals surface area contributed by atoms with E-state index in [1.807, 2.05) is 24.3 Å². The molecule has 4 rings (SSSR count). The molecule has 0 unspecified atom stereocenters. The highest BCUT2D eigenvalue weighted by atomic mass is 16.7. The molecule has 28 heavy (non-hydrogen) atoms. The molecule has 1 amide bonds. The van der Waals surface area contributed by atoms with Gasteiger partial charge in [0, 0.05) is 38.4 Å². The molecule has 1 saturated heterocycles. The molecular weight excluding hydrogens is 354 g/mol. The zero-order valence-corrected chi connectivity index (χ0v) is 16.3. The zero-order chi connectivity index (χ0) is 19.3. The largest absolute Gasteiger partial charge is 0.454 e. The number of carbonyl (C=O) groups excluding carboxylic acids is 1. The van der Waals surface area contributed by atoms with Crippen LogP contribution < -0.4 is 14.8 Å². The van der Waals surface area contributed by atoms with Gasteiger partial charge in [0.25, 0.3) is 0 Å². The number of ether oxygens (including phenoxy) is 2. The minimum atomic E-state index is 0.0603. The first-order valence-corrected chi connectivity index (χ1v) is 9.92. The van der Waals surface area contributed by atoms with Crippen molar-refractivity contribution in [2.45, 2.75) is 19.9 Å². The Morgan fingerprint density at radius 1 is 1.00 bits per heavy atom. The van der Waals surface area contributed by atoms with Crippen molar-refractivity contribution < 1.29 is 14.3 Å². The lowest BCUT2D eigenvalue weighted by Crippen LogP contribution is -2.48. The second kappa shape index (κ2) is 8.63. The van der Waals surface area contributed by atoms with Gasteiger partial charge in [-0.05, 0) is 35.7 Å². The monoisotopic (exact) mass is 381 g/mol. The second-order valence-corrected chi connectivity index (χ2v) is 7.30. The Hall–Kier alpha value is -2.57. The summed E-state index contributed by atoms with van der Waals surface area (Å²) in [5, 5.41) is 3.06. The normalized spacial score (nSPS) is 16.9. The van der Waals surface area contributed by atoms with Gasteiger partial charge in [-0.2, -0.15) is 0 Å². The number of carbonyl (C=O) groups is 1. The molecule has 2 aromatic carbocycles. The van der Waals surface area contributed by atoms with Crippen LogP contribution in [0, 0.1) is 0 Å². The molecule has 2 heterocycles. The SMILES string of the molecule is CCc1ccccc1NC(=O)CN1CCN(Cc2ccc3c(c2)OCO3)CC1. The number of amides is 1. The molecule has 2 aliphatic heterocycles. The van der Waals surface area contributed by atoms with Crippen molar-refractivity contribution in [1.82, 2.24) is 9.80 Å². The van der Waals surface area contributed by atoms with Gasteiger partial charge in [-0.3, -0.25) is 14.6 Å². The van der Waals surface area contributed by atoms with Crippen molar-refractivity contribution in [3.63, 3.8) is 0 Å². The number of para-hydroxylation sites is 1. The number of piperazine rings is 1. The van der Waals surface area contributed by atoms with E-state index in [0.29, 0.717) is 13.3 Å². The van der Waals surface area contributed by atoms with Crippen LogP contribution >= 0.6 is 0 Å². The van der Waals surface area contributed by atoms with E-state index in [1.165, 1.54) is 11.1 Å². The summed E-state index contributed by atoms with van der Waals surface area (Å²) in [5.41, 5.74) is 3.33. The number of fused-ring (bicyclic) bond motifs is 1. The molecular formula is C22H27N3O3. The molecule has 0 bridgehead atoms. The Bertz CT molecular complexity index is 832. The van der Waals surface area contributed by atoms with Gasteiger partial charge in [0.05, 0.1) is 6.54 Å². The number of benzene rings is 2. The quantitative estimate of drug-likeness (QED) is 0.834. The van der Waals surface area contributed by atoms with E-state index in [9.17, 15) is 4.79 Å². The lowest BCUT2D eigenvalue weighted by atomic mass is 10.1. The average Bonchev–Trinajstić information content (AvgIpc) is 3.18. The van der Waals surface area contributed by atoms with Crippen molar-refractivity contribution in [3.05, 3.63) is 53.6 Å². The molecule has 1 fully saturated rings. The molecule has 0 aromatic heterocycles. The third kappa shape index (κ3) is 4.46. The molecule has 6 heteroatoms. The zero-order valence-electron chi connectivity index (χ0n) is 16.3. The number of nitrogens with zero attached hydrogens (tertiary/aromatic N) is 2. The maximum atomic E-state index is 12.4. The third-order valence-corrected chi connectivity index (χ3v) is 5.35. The van der Waals surface area contributed by atoms with Crippen molar-refractivity contribution >= 4 is 11.6 Å². The van der Waals surface area contributed by atoms with E-state index in [0.717, 1.165) is 56.3 Å². The molecule has 0 spiro atoms. The number of hydrogen-bond donors (Lipinski definition) is 1. The van der Waals surface area contributed by atoms with Crippen LogP contribution in [0.25, 0.3) is 0 Å². The summed E-state index contributed by atoms with van der Waals surface area (Å²) in [5.74, 6) is 1.72. The Morgan fingerprint density at radius 3 is 2.57 bits per heavy atom. The fraction of sp³-hybridized carbons (Fsp3) is 0.409. The van der Waals surface area contributed by atoms with Gasteiger partial charge in [0.1, 0.15) is 0 Å². The van der Waals surface area contributed by atoms with Gasteiger partial charge < -0.3 is 14.8 Å². The summed E-state index contributed by atoms with van der Waals surface area (Å²) < 4.78 is 10.8. The highest BCUT2D eigenvalue weighted by Gasteiger charge is 2.20. The second-order valence-electron chi connectivity index (χ2n) is 7.30. The molecule has 1 N–H and O–H groups in total. The summed E-state index contributed by atoms with van der Waals surface area (Å²) in [4.78, 5) is 17.1. The minimum absolute atomic E-state index is 0.0603. The Balaban J connectivity index is 1.24. The molecule has 148 valence electrons. The van der Waals surface area contributed by atoms with E-state index in [1.54, 1.807) is 0 Å². The van der Waals surface area contributed by atoms with Crippen LogP contribution in [0.2, 0.25) is 0 Å². The van der Waals surface area contributed by atoms with Crippen molar-refractivity contribution in [1.29, 1.82) is 0 Å².